The van der Waals surface area contributed by atoms with Gasteiger partial charge >= 0.3 is 0 Å². The number of rotatable bonds is 3. The normalized spacial score (nSPS) is 16.9. The Kier molecular flexibility index (Phi) is 2.91. The Morgan fingerprint density at radius 1 is 1.56 bits per heavy atom. The number of anilines is 1. The van der Waals surface area contributed by atoms with E-state index in [2.05, 4.69) is 5.32 Å². The predicted molar refractivity (Wildman–Crippen MR) is 65.5 cm³/mol. The van der Waals surface area contributed by atoms with Gasteiger partial charge in [-0.15, -0.1) is 0 Å². The second-order valence-electron chi connectivity index (χ2n) is 4.42. The highest BCUT2D eigenvalue weighted by atomic mass is 35.5. The highest BCUT2D eigenvalue weighted by molar-refractivity contribution is 6.33. The van der Waals surface area contributed by atoms with E-state index in [0.717, 1.165) is 18.4 Å². The summed E-state index contributed by atoms with van der Waals surface area (Å²) in [4.78, 5) is 11.9. The average Bonchev–Trinajstić information content (AvgIpc) is 3.04. The fourth-order valence-corrected chi connectivity index (χ4v) is 1.83. The lowest BCUT2D eigenvalue weighted by Crippen LogP contribution is -2.30. The molecule has 0 atom stereocenters. The van der Waals surface area contributed by atoms with Crippen LogP contribution in [0.4, 0.5) is 5.69 Å². The second-order valence-corrected chi connectivity index (χ2v) is 4.83. The van der Waals surface area contributed by atoms with Crippen LogP contribution in [0.3, 0.4) is 0 Å². The minimum Gasteiger partial charge on any atom is -0.329 e. The molecule has 1 fully saturated rings. The lowest BCUT2D eigenvalue weighted by Gasteiger charge is -2.14. The highest BCUT2D eigenvalue weighted by Gasteiger charge is 2.48. The van der Waals surface area contributed by atoms with Gasteiger partial charge in [0, 0.05) is 6.54 Å². The molecule has 0 spiro atoms. The average molecular weight is 239 g/mol. The van der Waals surface area contributed by atoms with Crippen molar-refractivity contribution in [1.29, 1.82) is 0 Å². The smallest absolute Gasteiger partial charge is 0.231 e. The Hall–Kier alpha value is -1.06. The van der Waals surface area contributed by atoms with E-state index in [0.29, 0.717) is 17.3 Å². The number of hydrogen-bond acceptors (Lipinski definition) is 2. The van der Waals surface area contributed by atoms with Crippen LogP contribution in [0.1, 0.15) is 18.4 Å². The molecule has 1 amide bonds. The summed E-state index contributed by atoms with van der Waals surface area (Å²) in [5.41, 5.74) is 7.00. The van der Waals surface area contributed by atoms with Gasteiger partial charge in [0.15, 0.2) is 0 Å². The van der Waals surface area contributed by atoms with Crippen molar-refractivity contribution in [3.8, 4) is 0 Å². The van der Waals surface area contributed by atoms with Crippen LogP contribution in [0, 0.1) is 12.3 Å². The molecule has 0 bridgehead atoms. The zero-order valence-electron chi connectivity index (χ0n) is 9.22. The van der Waals surface area contributed by atoms with Gasteiger partial charge in [0.05, 0.1) is 16.1 Å². The largest absolute Gasteiger partial charge is 0.329 e. The van der Waals surface area contributed by atoms with Gasteiger partial charge in [0.2, 0.25) is 5.91 Å². The second kappa shape index (κ2) is 4.07. The molecule has 1 saturated carbocycles. The molecule has 1 aliphatic rings. The maximum atomic E-state index is 11.9. The first-order valence-corrected chi connectivity index (χ1v) is 5.73. The number of amides is 1. The molecule has 0 aromatic heterocycles. The third-order valence-corrected chi connectivity index (χ3v) is 3.43. The first kappa shape index (κ1) is 11.4. The van der Waals surface area contributed by atoms with Crippen LogP contribution >= 0.6 is 11.6 Å². The zero-order valence-corrected chi connectivity index (χ0v) is 9.97. The molecule has 0 heterocycles. The number of aryl methyl sites for hydroxylation is 1. The first-order chi connectivity index (χ1) is 7.57. The van der Waals surface area contributed by atoms with Gasteiger partial charge in [-0.2, -0.15) is 0 Å². The molecule has 0 aliphatic heterocycles. The molecule has 0 radical (unpaired) electrons. The molecule has 1 aromatic carbocycles. The molecule has 0 saturated heterocycles. The fraction of sp³-hybridized carbons (Fsp3) is 0.417. The summed E-state index contributed by atoms with van der Waals surface area (Å²) in [6, 6.07) is 5.56. The van der Waals surface area contributed by atoms with Crippen molar-refractivity contribution in [3.63, 3.8) is 0 Å². The van der Waals surface area contributed by atoms with Crippen molar-refractivity contribution in [1.82, 2.24) is 0 Å². The summed E-state index contributed by atoms with van der Waals surface area (Å²) in [5.74, 6) is -0.0116. The van der Waals surface area contributed by atoms with E-state index in [1.54, 1.807) is 6.07 Å². The maximum Gasteiger partial charge on any atom is 0.231 e. The van der Waals surface area contributed by atoms with Crippen molar-refractivity contribution in [3.05, 3.63) is 28.8 Å². The minimum absolute atomic E-state index is 0.0116. The summed E-state index contributed by atoms with van der Waals surface area (Å²) in [7, 11) is 0. The minimum atomic E-state index is -0.340. The molecule has 86 valence electrons. The third-order valence-electron chi connectivity index (χ3n) is 3.10. The van der Waals surface area contributed by atoms with Gasteiger partial charge in [0.25, 0.3) is 0 Å². The van der Waals surface area contributed by atoms with Crippen LogP contribution in [0.25, 0.3) is 0 Å². The Bertz CT molecular complexity index is 427. The monoisotopic (exact) mass is 238 g/mol. The van der Waals surface area contributed by atoms with E-state index in [9.17, 15) is 4.79 Å². The number of nitrogens with one attached hydrogen (secondary N) is 1. The van der Waals surface area contributed by atoms with E-state index in [1.165, 1.54) is 0 Å². The quantitative estimate of drug-likeness (QED) is 0.849. The Labute approximate surface area is 100.0 Å². The van der Waals surface area contributed by atoms with Crippen molar-refractivity contribution < 1.29 is 4.79 Å². The lowest BCUT2D eigenvalue weighted by atomic mass is 10.1. The number of carbonyl (C=O) groups excluding carboxylic acids is 1. The van der Waals surface area contributed by atoms with Gasteiger partial charge in [0.1, 0.15) is 0 Å². The van der Waals surface area contributed by atoms with Crippen molar-refractivity contribution >= 4 is 23.2 Å². The van der Waals surface area contributed by atoms with Gasteiger partial charge in [-0.3, -0.25) is 4.79 Å². The predicted octanol–water partition coefficient (Wildman–Crippen LogP) is 2.33. The highest BCUT2D eigenvalue weighted by Crippen LogP contribution is 2.45. The molecule has 1 aliphatic carbocycles. The van der Waals surface area contributed by atoms with Gasteiger partial charge < -0.3 is 11.1 Å². The SMILES string of the molecule is Cc1ccc(Cl)c(NC(=O)C2(CN)CC2)c1. The summed E-state index contributed by atoms with van der Waals surface area (Å²) in [6.45, 7) is 2.37. The Morgan fingerprint density at radius 3 is 2.81 bits per heavy atom. The van der Waals surface area contributed by atoms with Crippen LogP contribution in [-0.2, 0) is 4.79 Å². The van der Waals surface area contributed by atoms with Gasteiger partial charge in [-0.1, -0.05) is 17.7 Å². The van der Waals surface area contributed by atoms with Crippen molar-refractivity contribution in [2.24, 2.45) is 11.1 Å². The summed E-state index contributed by atoms with van der Waals surface area (Å²) < 4.78 is 0. The van der Waals surface area contributed by atoms with E-state index < -0.39 is 0 Å². The van der Waals surface area contributed by atoms with E-state index in [4.69, 9.17) is 17.3 Å². The van der Waals surface area contributed by atoms with Crippen LogP contribution in [0.5, 0.6) is 0 Å². The third kappa shape index (κ3) is 2.06. The number of hydrogen-bond donors (Lipinski definition) is 2. The van der Waals surface area contributed by atoms with Crippen LogP contribution < -0.4 is 11.1 Å². The standard InChI is InChI=1S/C12H15ClN2O/c1-8-2-3-9(13)10(6-8)15-11(16)12(7-14)4-5-12/h2-3,6H,4-5,7,14H2,1H3,(H,15,16). The van der Waals surface area contributed by atoms with E-state index >= 15 is 0 Å². The number of halogens is 1. The summed E-state index contributed by atoms with van der Waals surface area (Å²) in [6.07, 6.45) is 1.75. The molecule has 4 heteroatoms. The topological polar surface area (TPSA) is 55.1 Å². The summed E-state index contributed by atoms with van der Waals surface area (Å²) >= 11 is 6.01. The number of nitrogens with two attached hydrogens (primary N) is 1. The molecule has 1 aromatic rings. The lowest BCUT2D eigenvalue weighted by molar-refractivity contribution is -0.120. The molecule has 2 rings (SSSR count). The molecule has 3 nitrogen and oxygen atoms in total. The summed E-state index contributed by atoms with van der Waals surface area (Å²) in [5, 5.41) is 3.42. The Balaban J connectivity index is 2.15. The van der Waals surface area contributed by atoms with Gasteiger partial charge in [-0.25, -0.2) is 0 Å². The van der Waals surface area contributed by atoms with Crippen LogP contribution in [0.15, 0.2) is 18.2 Å². The van der Waals surface area contributed by atoms with E-state index in [1.807, 2.05) is 19.1 Å². The Morgan fingerprint density at radius 2 is 2.25 bits per heavy atom. The van der Waals surface area contributed by atoms with Crippen molar-refractivity contribution in [2.75, 3.05) is 11.9 Å². The van der Waals surface area contributed by atoms with Gasteiger partial charge in [-0.05, 0) is 37.5 Å². The van der Waals surface area contributed by atoms with Crippen molar-refractivity contribution in [2.45, 2.75) is 19.8 Å². The molecule has 16 heavy (non-hydrogen) atoms. The maximum absolute atomic E-state index is 11.9. The first-order valence-electron chi connectivity index (χ1n) is 5.35. The fourth-order valence-electron chi connectivity index (χ4n) is 1.66. The van der Waals surface area contributed by atoms with Crippen LogP contribution in [-0.4, -0.2) is 12.5 Å². The molecule has 0 unspecified atom stereocenters. The number of benzene rings is 1. The zero-order chi connectivity index (χ0) is 11.8. The number of carbonyl (C=O) groups is 1. The van der Waals surface area contributed by atoms with Crippen LogP contribution in [0.2, 0.25) is 5.02 Å². The molecular weight excluding hydrogens is 224 g/mol. The molecule has 3 N–H and O–H groups in total. The van der Waals surface area contributed by atoms with E-state index in [-0.39, 0.29) is 11.3 Å². The molecular formula is C12H15ClN2O.